The van der Waals surface area contributed by atoms with Gasteiger partial charge in [0.25, 0.3) is 11.8 Å². The molecule has 4 aromatic rings. The van der Waals surface area contributed by atoms with Crippen molar-refractivity contribution in [1.29, 1.82) is 0 Å². The van der Waals surface area contributed by atoms with Crippen LogP contribution in [0.3, 0.4) is 0 Å². The van der Waals surface area contributed by atoms with Crippen LogP contribution in [0, 0.1) is 0 Å². The molecule has 0 saturated heterocycles. The first kappa shape index (κ1) is 27.3. The first-order valence-corrected chi connectivity index (χ1v) is 13.1. The van der Waals surface area contributed by atoms with Gasteiger partial charge in [0.05, 0.1) is 6.42 Å². The minimum atomic E-state index is -0.960. The lowest BCUT2D eigenvalue weighted by Gasteiger charge is -2.24. The second kappa shape index (κ2) is 13.7. The van der Waals surface area contributed by atoms with Crippen LogP contribution in [0.25, 0.3) is 11.1 Å². The molecule has 0 heterocycles. The van der Waals surface area contributed by atoms with Gasteiger partial charge in [-0.05, 0) is 47.2 Å². The smallest absolute Gasteiger partial charge is 0.305 e. The van der Waals surface area contributed by atoms with Crippen LogP contribution < -0.4 is 5.32 Å². The van der Waals surface area contributed by atoms with E-state index in [-0.39, 0.29) is 24.8 Å². The molecule has 0 unspecified atom stereocenters. The number of rotatable bonds is 12. The van der Waals surface area contributed by atoms with Gasteiger partial charge in [-0.25, -0.2) is 0 Å². The minimum absolute atomic E-state index is 0.0942. The van der Waals surface area contributed by atoms with Crippen LogP contribution in [0.1, 0.15) is 38.3 Å². The number of aliphatic carboxylic acids is 1. The number of nitrogens with zero attached hydrogens (tertiary/aromatic N) is 1. The Morgan fingerprint density at radius 1 is 0.615 bits per heavy atom. The predicted molar refractivity (Wildman–Crippen MR) is 153 cm³/mol. The molecule has 2 N–H and O–H groups in total. The Morgan fingerprint density at radius 3 is 1.74 bits per heavy atom. The Kier molecular flexibility index (Phi) is 9.62. The summed E-state index contributed by atoms with van der Waals surface area (Å²) in [5, 5.41) is 12.3. The summed E-state index contributed by atoms with van der Waals surface area (Å²) in [6.45, 7) is 0.962. The summed E-state index contributed by atoms with van der Waals surface area (Å²) in [5.41, 5.74) is 4.40. The molecular weight excluding hydrogens is 488 g/mol. The zero-order valence-corrected chi connectivity index (χ0v) is 21.8. The molecular formula is C33H32N2O4. The summed E-state index contributed by atoms with van der Waals surface area (Å²) < 4.78 is 0. The zero-order chi connectivity index (χ0) is 27.5. The van der Waals surface area contributed by atoms with Gasteiger partial charge >= 0.3 is 5.97 Å². The Labute approximate surface area is 228 Å². The fraction of sp³-hybridized carbons (Fsp3) is 0.182. The Morgan fingerprint density at radius 2 is 1.13 bits per heavy atom. The van der Waals surface area contributed by atoms with E-state index in [1.807, 2.05) is 84.9 Å². The average Bonchev–Trinajstić information content (AvgIpc) is 2.98. The van der Waals surface area contributed by atoms with Crippen LogP contribution in [-0.4, -0.2) is 47.4 Å². The number of carboxylic acid groups (broad SMARTS) is 1. The molecule has 6 heteroatoms. The van der Waals surface area contributed by atoms with Gasteiger partial charge in [0, 0.05) is 30.8 Å². The van der Waals surface area contributed by atoms with Crippen molar-refractivity contribution in [2.75, 3.05) is 19.6 Å². The molecule has 4 rings (SSSR count). The van der Waals surface area contributed by atoms with Crippen LogP contribution in [0.15, 0.2) is 109 Å². The van der Waals surface area contributed by atoms with Gasteiger partial charge in [-0.2, -0.15) is 0 Å². The third-order valence-corrected chi connectivity index (χ3v) is 6.56. The van der Waals surface area contributed by atoms with Crippen LogP contribution in [0.2, 0.25) is 0 Å². The summed E-state index contributed by atoms with van der Waals surface area (Å²) in [7, 11) is 0. The summed E-state index contributed by atoms with van der Waals surface area (Å²) >= 11 is 0. The zero-order valence-electron chi connectivity index (χ0n) is 21.8. The molecule has 0 aromatic heterocycles. The quantitative estimate of drug-likeness (QED) is 0.259. The second-order valence-corrected chi connectivity index (χ2v) is 9.25. The van der Waals surface area contributed by atoms with E-state index in [0.717, 1.165) is 11.1 Å². The monoisotopic (exact) mass is 520 g/mol. The molecule has 0 saturated carbocycles. The number of carboxylic acids is 1. The van der Waals surface area contributed by atoms with E-state index < -0.39 is 5.97 Å². The van der Waals surface area contributed by atoms with E-state index in [1.54, 1.807) is 29.2 Å². The highest BCUT2D eigenvalue weighted by molar-refractivity contribution is 6.06. The molecule has 0 fully saturated rings. The predicted octanol–water partition coefficient (Wildman–Crippen LogP) is 5.49. The van der Waals surface area contributed by atoms with E-state index in [9.17, 15) is 19.5 Å². The summed E-state index contributed by atoms with van der Waals surface area (Å²) in [6, 6.07) is 34.2. The number of nitrogens with one attached hydrogen (secondary N) is 1. The molecule has 0 bridgehead atoms. The number of benzene rings is 4. The molecule has 4 aromatic carbocycles. The van der Waals surface area contributed by atoms with Crippen molar-refractivity contribution in [3.8, 4) is 11.1 Å². The van der Waals surface area contributed by atoms with Crippen molar-refractivity contribution in [2.24, 2.45) is 0 Å². The SMILES string of the molecule is O=C(O)CCN(CCc1ccccc1)C(=O)c1ccccc1-c1ccccc1C(=O)NCCc1ccccc1. The van der Waals surface area contributed by atoms with Crippen LogP contribution >= 0.6 is 0 Å². The third kappa shape index (κ3) is 7.65. The van der Waals surface area contributed by atoms with Gasteiger partial charge in [0.1, 0.15) is 0 Å². The first-order chi connectivity index (χ1) is 19.0. The maximum absolute atomic E-state index is 13.8. The molecule has 0 aliphatic carbocycles. The van der Waals surface area contributed by atoms with Gasteiger partial charge in [-0.1, -0.05) is 97.1 Å². The maximum atomic E-state index is 13.8. The van der Waals surface area contributed by atoms with E-state index in [0.29, 0.717) is 48.2 Å². The standard InChI is InChI=1S/C33H32N2O4/c36-31(37)21-24-35(23-20-26-13-5-2-6-14-26)33(39)30-18-10-8-16-28(30)27-15-7-9-17-29(27)32(38)34-22-19-25-11-3-1-4-12-25/h1-18H,19-24H2,(H,34,38)(H,36,37). The fourth-order valence-corrected chi connectivity index (χ4v) is 4.51. The van der Waals surface area contributed by atoms with Gasteiger partial charge in [0.2, 0.25) is 0 Å². The van der Waals surface area contributed by atoms with Crippen LogP contribution in [-0.2, 0) is 17.6 Å². The highest BCUT2D eigenvalue weighted by Gasteiger charge is 2.22. The molecule has 0 radical (unpaired) electrons. The Hall–Kier alpha value is -4.71. The number of carbonyl (C=O) groups is 3. The summed E-state index contributed by atoms with van der Waals surface area (Å²) in [4.78, 5) is 39.9. The highest BCUT2D eigenvalue weighted by atomic mass is 16.4. The number of carbonyl (C=O) groups excluding carboxylic acids is 2. The van der Waals surface area contributed by atoms with Crippen molar-refractivity contribution in [2.45, 2.75) is 19.3 Å². The van der Waals surface area contributed by atoms with E-state index in [4.69, 9.17) is 0 Å². The maximum Gasteiger partial charge on any atom is 0.305 e. The summed E-state index contributed by atoms with van der Waals surface area (Å²) in [6.07, 6.45) is 1.17. The largest absolute Gasteiger partial charge is 0.481 e. The lowest BCUT2D eigenvalue weighted by molar-refractivity contribution is -0.137. The van der Waals surface area contributed by atoms with Gasteiger partial charge in [-0.15, -0.1) is 0 Å². The third-order valence-electron chi connectivity index (χ3n) is 6.56. The van der Waals surface area contributed by atoms with Crippen LogP contribution in [0.4, 0.5) is 0 Å². The second-order valence-electron chi connectivity index (χ2n) is 9.25. The van der Waals surface area contributed by atoms with Gasteiger partial charge in [-0.3, -0.25) is 14.4 Å². The molecule has 0 aliphatic rings. The summed E-state index contributed by atoms with van der Waals surface area (Å²) in [5.74, 6) is -1.43. The van der Waals surface area contributed by atoms with Gasteiger partial charge in [0.15, 0.2) is 0 Å². The van der Waals surface area contributed by atoms with Gasteiger partial charge < -0.3 is 15.3 Å². The lowest BCUT2D eigenvalue weighted by Crippen LogP contribution is -2.35. The minimum Gasteiger partial charge on any atom is -0.481 e. The molecule has 0 aliphatic heterocycles. The molecule has 2 amide bonds. The Bertz CT molecular complexity index is 1400. The number of amides is 2. The first-order valence-electron chi connectivity index (χ1n) is 13.1. The molecule has 198 valence electrons. The fourth-order valence-electron chi connectivity index (χ4n) is 4.51. The van der Waals surface area contributed by atoms with E-state index >= 15 is 0 Å². The van der Waals surface area contributed by atoms with E-state index in [1.165, 1.54) is 0 Å². The van der Waals surface area contributed by atoms with Crippen molar-refractivity contribution in [3.63, 3.8) is 0 Å². The van der Waals surface area contributed by atoms with Crippen molar-refractivity contribution < 1.29 is 19.5 Å². The van der Waals surface area contributed by atoms with Crippen molar-refractivity contribution >= 4 is 17.8 Å². The Balaban J connectivity index is 1.56. The van der Waals surface area contributed by atoms with Crippen LogP contribution in [0.5, 0.6) is 0 Å². The molecule has 0 spiro atoms. The molecule has 39 heavy (non-hydrogen) atoms. The normalized spacial score (nSPS) is 10.6. The topological polar surface area (TPSA) is 86.7 Å². The number of hydrogen-bond acceptors (Lipinski definition) is 3. The van der Waals surface area contributed by atoms with E-state index in [2.05, 4.69) is 5.32 Å². The number of hydrogen-bond donors (Lipinski definition) is 2. The lowest BCUT2D eigenvalue weighted by atomic mass is 9.94. The molecule has 6 nitrogen and oxygen atoms in total. The highest BCUT2D eigenvalue weighted by Crippen LogP contribution is 2.28. The van der Waals surface area contributed by atoms with Crippen molar-refractivity contribution in [1.82, 2.24) is 10.2 Å². The molecule has 0 atom stereocenters. The van der Waals surface area contributed by atoms with Crippen molar-refractivity contribution in [3.05, 3.63) is 131 Å². The average molecular weight is 521 g/mol.